The lowest BCUT2D eigenvalue weighted by Crippen LogP contribution is -2.40. The topological polar surface area (TPSA) is 150 Å². The summed E-state index contributed by atoms with van der Waals surface area (Å²) in [4.78, 5) is 57.9. The first-order chi connectivity index (χ1) is 15.2. The maximum Gasteiger partial charge on any atom is 0.269 e. The Morgan fingerprint density at radius 1 is 1.34 bits per heavy atom. The maximum atomic E-state index is 13.0. The molecule has 11 heteroatoms. The van der Waals surface area contributed by atoms with Gasteiger partial charge in [-0.3, -0.25) is 29.5 Å². The lowest BCUT2D eigenvalue weighted by Gasteiger charge is -2.32. The number of nitrogens with zero attached hydrogens (tertiary/aromatic N) is 3. The normalized spacial score (nSPS) is 20.3. The van der Waals surface area contributed by atoms with Gasteiger partial charge in [-0.15, -0.1) is 0 Å². The summed E-state index contributed by atoms with van der Waals surface area (Å²) in [5.74, 6) is -1.05. The molecule has 2 aliphatic heterocycles. The van der Waals surface area contributed by atoms with Crippen LogP contribution in [0, 0.1) is 23.0 Å². The van der Waals surface area contributed by atoms with E-state index in [2.05, 4.69) is 27.5 Å². The first-order valence-corrected chi connectivity index (χ1v) is 10.5. The fourth-order valence-corrected chi connectivity index (χ4v) is 4.24. The van der Waals surface area contributed by atoms with Gasteiger partial charge in [0.15, 0.2) is 0 Å². The third-order valence-electron chi connectivity index (χ3n) is 5.89. The molecule has 2 amide bonds. The van der Waals surface area contributed by atoms with E-state index < -0.39 is 28.2 Å². The minimum atomic E-state index is -1.03. The van der Waals surface area contributed by atoms with Crippen LogP contribution in [0.25, 0.3) is 0 Å². The molecule has 1 fully saturated rings. The van der Waals surface area contributed by atoms with Gasteiger partial charge < -0.3 is 15.5 Å². The molecule has 2 atom stereocenters. The smallest absolute Gasteiger partial charge is 0.269 e. The molecular formula is C21H24N6O5. The summed E-state index contributed by atoms with van der Waals surface area (Å²) in [6.07, 6.45) is 1.89. The molecule has 0 unspecified atom stereocenters. The van der Waals surface area contributed by atoms with Crippen molar-refractivity contribution in [2.24, 2.45) is 5.92 Å². The Hall–Kier alpha value is -3.76. The molecule has 11 nitrogen and oxygen atoms in total. The van der Waals surface area contributed by atoms with E-state index in [0.29, 0.717) is 23.1 Å². The van der Waals surface area contributed by atoms with Gasteiger partial charge in [-0.2, -0.15) is 4.98 Å². The number of anilines is 3. The van der Waals surface area contributed by atoms with Crippen molar-refractivity contribution in [3.8, 4) is 0 Å². The number of non-ortho nitro benzene ring substituents is 1. The Kier molecular flexibility index (Phi) is 5.64. The number of rotatable bonds is 4. The number of nitrogens with one attached hydrogen (secondary N) is 3. The van der Waals surface area contributed by atoms with E-state index in [-0.39, 0.29) is 23.5 Å². The van der Waals surface area contributed by atoms with Crippen LogP contribution in [0.2, 0.25) is 0 Å². The van der Waals surface area contributed by atoms with Crippen molar-refractivity contribution in [1.29, 1.82) is 0 Å². The second kappa shape index (κ2) is 8.40. The second-order valence-electron chi connectivity index (χ2n) is 8.40. The lowest BCUT2D eigenvalue weighted by atomic mass is 9.92. The monoisotopic (exact) mass is 440 g/mol. The Morgan fingerprint density at radius 3 is 2.81 bits per heavy atom. The second-order valence-corrected chi connectivity index (χ2v) is 8.40. The van der Waals surface area contributed by atoms with Crippen LogP contribution in [-0.2, 0) is 9.59 Å². The number of nitro groups is 1. The van der Waals surface area contributed by atoms with Crippen LogP contribution in [-0.4, -0.2) is 39.8 Å². The fourth-order valence-electron chi connectivity index (χ4n) is 4.24. The Bertz CT molecular complexity index is 1160. The molecule has 32 heavy (non-hydrogen) atoms. The largest absolute Gasteiger partial charge is 0.342 e. The SMILES string of the molecule is Cc1cc([N+](=O)[O-])ccc1NC(=O)[C@@H]1CC(=O)Nc2nc(N3CCC[C@H](C)C3)[nH]c(=O)c21. The first kappa shape index (κ1) is 21.5. The summed E-state index contributed by atoms with van der Waals surface area (Å²) in [5, 5.41) is 16.2. The number of aromatic amines is 1. The number of amides is 2. The highest BCUT2D eigenvalue weighted by atomic mass is 16.6. The predicted molar refractivity (Wildman–Crippen MR) is 118 cm³/mol. The molecule has 3 heterocycles. The first-order valence-electron chi connectivity index (χ1n) is 10.5. The van der Waals surface area contributed by atoms with Crippen LogP contribution >= 0.6 is 0 Å². The number of carbonyl (C=O) groups is 2. The zero-order valence-corrected chi connectivity index (χ0v) is 17.8. The van der Waals surface area contributed by atoms with Gasteiger partial charge in [0, 0.05) is 37.3 Å². The Balaban J connectivity index is 1.63. The van der Waals surface area contributed by atoms with Crippen molar-refractivity contribution in [3.63, 3.8) is 0 Å². The van der Waals surface area contributed by atoms with Crippen molar-refractivity contribution in [3.05, 3.63) is 49.8 Å². The van der Waals surface area contributed by atoms with Crippen LogP contribution in [0.15, 0.2) is 23.0 Å². The van der Waals surface area contributed by atoms with Crippen molar-refractivity contribution in [1.82, 2.24) is 9.97 Å². The van der Waals surface area contributed by atoms with Crippen LogP contribution in [0.4, 0.5) is 23.1 Å². The molecule has 0 bridgehead atoms. The van der Waals surface area contributed by atoms with Crippen LogP contribution in [0.5, 0.6) is 0 Å². The van der Waals surface area contributed by atoms with Crippen LogP contribution in [0.1, 0.15) is 43.2 Å². The third-order valence-corrected chi connectivity index (χ3v) is 5.89. The highest BCUT2D eigenvalue weighted by molar-refractivity contribution is 6.04. The van der Waals surface area contributed by atoms with Gasteiger partial charge in [0.25, 0.3) is 11.2 Å². The van der Waals surface area contributed by atoms with Crippen molar-refractivity contribution >= 4 is 35.0 Å². The van der Waals surface area contributed by atoms with Gasteiger partial charge in [-0.1, -0.05) is 6.92 Å². The molecule has 0 spiro atoms. The molecule has 2 aliphatic rings. The maximum absolute atomic E-state index is 13.0. The molecule has 0 radical (unpaired) electrons. The van der Waals surface area contributed by atoms with Crippen molar-refractivity contribution < 1.29 is 14.5 Å². The summed E-state index contributed by atoms with van der Waals surface area (Å²) in [5.41, 5.74) is 0.411. The number of H-pyrrole nitrogens is 1. The van der Waals surface area contributed by atoms with Crippen LogP contribution in [0.3, 0.4) is 0 Å². The number of fused-ring (bicyclic) bond motifs is 1. The number of nitro benzene ring substituents is 1. The molecule has 168 valence electrons. The fraction of sp³-hybridized carbons (Fsp3) is 0.429. The summed E-state index contributed by atoms with van der Waals surface area (Å²) in [6.45, 7) is 5.26. The molecule has 4 rings (SSSR count). The standard InChI is InChI=1S/C21H24N6O5/c1-11-4-3-7-26(10-11)21-24-18-17(20(30)25-21)14(9-16(28)23-18)19(29)22-15-6-5-13(27(31)32)8-12(15)2/h5-6,8,11,14H,3-4,7,9-10H2,1-2H3,(H,22,29)(H2,23,24,25,28,30)/t11-,14+/m0/s1. The summed E-state index contributed by atoms with van der Waals surface area (Å²) in [7, 11) is 0. The predicted octanol–water partition coefficient (Wildman–Crippen LogP) is 2.29. The molecule has 0 saturated carbocycles. The minimum absolute atomic E-state index is 0.0944. The average molecular weight is 440 g/mol. The molecule has 2 aromatic rings. The van der Waals surface area contributed by atoms with E-state index in [0.717, 1.165) is 25.9 Å². The third kappa shape index (κ3) is 4.18. The summed E-state index contributed by atoms with van der Waals surface area (Å²) in [6, 6.07) is 4.06. The number of piperidine rings is 1. The molecule has 1 aromatic carbocycles. The van der Waals surface area contributed by atoms with E-state index in [9.17, 15) is 24.5 Å². The van der Waals surface area contributed by atoms with Gasteiger partial charge in [0.1, 0.15) is 5.82 Å². The van der Waals surface area contributed by atoms with E-state index >= 15 is 0 Å². The highest BCUT2D eigenvalue weighted by Crippen LogP contribution is 2.31. The number of benzene rings is 1. The van der Waals surface area contributed by atoms with E-state index in [4.69, 9.17) is 0 Å². The number of carbonyl (C=O) groups excluding carboxylic acids is 2. The summed E-state index contributed by atoms with van der Waals surface area (Å²) < 4.78 is 0. The summed E-state index contributed by atoms with van der Waals surface area (Å²) >= 11 is 0. The van der Waals surface area contributed by atoms with E-state index in [1.165, 1.54) is 18.2 Å². The zero-order chi connectivity index (χ0) is 23.0. The number of aromatic nitrogens is 2. The molecular weight excluding hydrogens is 416 g/mol. The Labute approximate surface area is 183 Å². The highest BCUT2D eigenvalue weighted by Gasteiger charge is 2.35. The average Bonchev–Trinajstić information content (AvgIpc) is 2.74. The van der Waals surface area contributed by atoms with Gasteiger partial charge in [0.05, 0.1) is 16.4 Å². The van der Waals surface area contributed by atoms with Gasteiger partial charge >= 0.3 is 0 Å². The molecule has 0 aliphatic carbocycles. The molecule has 3 N–H and O–H groups in total. The molecule has 1 aromatic heterocycles. The number of aryl methyl sites for hydroxylation is 1. The zero-order valence-electron chi connectivity index (χ0n) is 17.8. The van der Waals surface area contributed by atoms with Crippen LogP contribution < -0.4 is 21.1 Å². The van der Waals surface area contributed by atoms with E-state index in [1.807, 2.05) is 4.90 Å². The lowest BCUT2D eigenvalue weighted by molar-refractivity contribution is -0.384. The Morgan fingerprint density at radius 2 is 2.12 bits per heavy atom. The quantitative estimate of drug-likeness (QED) is 0.487. The number of hydrogen-bond donors (Lipinski definition) is 3. The van der Waals surface area contributed by atoms with Crippen molar-refractivity contribution in [2.45, 2.75) is 39.0 Å². The van der Waals surface area contributed by atoms with E-state index in [1.54, 1.807) is 6.92 Å². The molecule has 1 saturated heterocycles. The minimum Gasteiger partial charge on any atom is -0.342 e. The van der Waals surface area contributed by atoms with Gasteiger partial charge in [-0.05, 0) is 37.3 Å². The van der Waals surface area contributed by atoms with Gasteiger partial charge in [0.2, 0.25) is 17.8 Å². The van der Waals surface area contributed by atoms with Gasteiger partial charge in [-0.25, -0.2) is 0 Å². The number of hydrogen-bond acceptors (Lipinski definition) is 7. The van der Waals surface area contributed by atoms with Crippen molar-refractivity contribution in [2.75, 3.05) is 28.6 Å².